The molecule has 4 aliphatic rings. The van der Waals surface area contributed by atoms with Crippen LogP contribution in [0.25, 0.3) is 10.8 Å². The standard InChI is InChI=1S/C49H66N6O8/c50-36(13-8-30(28-58)5-4-19-56)14-12-31-10-11-33-23-35-22-32-9-7-29(15-20-57)21-34(32)24-37(35)45(31)38(33)25-40(53-43-6-3-18-52-43)39(26-44(59)60)41-27-42(55-48(51)54-41)46(61)47(62)49(63)16-1-2-17-49/h3,6-7,9-11,18,20-22,24,26,28,30-31,33,36,38,40-42,45-47,52-53,56,61-63H,1-2,4-5,8,12-17,19,23,25,27,50H2,(H,59,60)(H3,51,54,55)/b39-26-/t30-,31-,33-,36-,38+,40-,41+,42-,45+,46+,47+/m1/s1. The molecule has 2 aromatic carbocycles. The minimum Gasteiger partial charge on any atom is -0.478 e. The third kappa shape index (κ3) is 10.9. The number of rotatable bonds is 22. The summed E-state index contributed by atoms with van der Waals surface area (Å²) in [5.74, 6) is -0.313. The second-order valence-corrected chi connectivity index (χ2v) is 18.6. The average molecular weight is 867 g/mol. The zero-order valence-electron chi connectivity index (χ0n) is 36.0. The van der Waals surface area contributed by atoms with E-state index in [1.807, 2.05) is 18.2 Å². The number of aliphatic imine (C=N–C) groups is 1. The Morgan fingerprint density at radius 1 is 1.03 bits per heavy atom. The van der Waals surface area contributed by atoms with Crippen LogP contribution in [0, 0.1) is 23.7 Å². The number of nitrogens with zero attached hydrogens (tertiary/aromatic N) is 1. The number of allylic oxidation sites excluding steroid dienone is 2. The zero-order chi connectivity index (χ0) is 44.7. The highest BCUT2D eigenvalue weighted by Gasteiger charge is 2.47. The van der Waals surface area contributed by atoms with Gasteiger partial charge >= 0.3 is 5.97 Å². The summed E-state index contributed by atoms with van der Waals surface area (Å²) in [4.78, 5) is 44.0. The lowest BCUT2D eigenvalue weighted by atomic mass is 9.58. The molecule has 2 heterocycles. The lowest BCUT2D eigenvalue weighted by Gasteiger charge is -2.47. The smallest absolute Gasteiger partial charge is 0.328 e. The number of nitrogens with two attached hydrogens (primary N) is 2. The first-order chi connectivity index (χ1) is 30.4. The van der Waals surface area contributed by atoms with Crippen molar-refractivity contribution in [2.24, 2.45) is 40.1 Å². The van der Waals surface area contributed by atoms with E-state index in [1.165, 1.54) is 17.2 Å². The summed E-state index contributed by atoms with van der Waals surface area (Å²) in [6, 6.07) is 12.2. The average Bonchev–Trinajstić information content (AvgIpc) is 3.96. The first kappa shape index (κ1) is 46.1. The molecule has 340 valence electrons. The number of aldehydes is 2. The van der Waals surface area contributed by atoms with Crippen molar-refractivity contribution in [2.45, 2.75) is 138 Å². The van der Waals surface area contributed by atoms with Gasteiger partial charge in [0.1, 0.15) is 30.6 Å². The van der Waals surface area contributed by atoms with Gasteiger partial charge in [-0.15, -0.1) is 0 Å². The number of hydrogen-bond donors (Lipinski definition) is 10. The lowest BCUT2D eigenvalue weighted by Crippen LogP contribution is -2.60. The number of H-pyrrole nitrogens is 1. The largest absolute Gasteiger partial charge is 0.478 e. The molecule has 0 saturated heterocycles. The number of carbonyl (C=O) groups excluding carboxylic acids is 2. The number of anilines is 1. The summed E-state index contributed by atoms with van der Waals surface area (Å²) < 4.78 is 0. The van der Waals surface area contributed by atoms with E-state index in [0.717, 1.165) is 61.0 Å². The number of guanidine groups is 1. The van der Waals surface area contributed by atoms with Crippen LogP contribution in [-0.2, 0) is 27.2 Å². The van der Waals surface area contributed by atoms with Crippen molar-refractivity contribution in [3.63, 3.8) is 0 Å². The van der Waals surface area contributed by atoms with Gasteiger partial charge in [0.05, 0.1) is 23.7 Å². The van der Waals surface area contributed by atoms with Crippen LogP contribution in [0.15, 0.2) is 77.5 Å². The van der Waals surface area contributed by atoms with E-state index in [1.54, 1.807) is 6.20 Å². The molecule has 3 aromatic rings. The number of aromatic nitrogens is 1. The van der Waals surface area contributed by atoms with Gasteiger partial charge in [0.2, 0.25) is 0 Å². The lowest BCUT2D eigenvalue weighted by molar-refractivity contribution is -0.131. The number of fused-ring (bicyclic) bond motifs is 5. The van der Waals surface area contributed by atoms with Crippen molar-refractivity contribution in [1.29, 1.82) is 0 Å². The number of carboxylic acids is 1. The highest BCUT2D eigenvalue weighted by molar-refractivity contribution is 5.86. The Morgan fingerprint density at radius 2 is 1.84 bits per heavy atom. The molecular formula is C49H66N6O8. The van der Waals surface area contributed by atoms with Gasteiger partial charge < -0.3 is 62.2 Å². The monoisotopic (exact) mass is 866 g/mol. The summed E-state index contributed by atoms with van der Waals surface area (Å²) in [5, 5.41) is 62.5. The van der Waals surface area contributed by atoms with Crippen LogP contribution in [0.1, 0.15) is 99.7 Å². The Kier molecular flexibility index (Phi) is 15.2. The Labute approximate surface area is 369 Å². The maximum atomic E-state index is 12.8. The van der Waals surface area contributed by atoms with Crippen LogP contribution in [0.3, 0.4) is 0 Å². The Bertz CT molecular complexity index is 2130. The molecule has 7 rings (SSSR count). The van der Waals surface area contributed by atoms with Crippen molar-refractivity contribution >= 4 is 41.1 Å². The summed E-state index contributed by atoms with van der Waals surface area (Å²) in [6.07, 6.45) is 14.8. The van der Waals surface area contributed by atoms with Gasteiger partial charge in [-0.05, 0) is 139 Å². The fourth-order valence-corrected chi connectivity index (χ4v) is 11.1. The number of aliphatic carboxylic acids is 1. The molecule has 1 saturated carbocycles. The third-order valence-corrected chi connectivity index (χ3v) is 14.5. The maximum absolute atomic E-state index is 12.8. The number of aromatic amines is 1. The van der Waals surface area contributed by atoms with Crippen molar-refractivity contribution in [3.8, 4) is 0 Å². The summed E-state index contributed by atoms with van der Waals surface area (Å²) in [6.45, 7) is 0.0518. The molecule has 14 heteroatoms. The van der Waals surface area contributed by atoms with E-state index >= 15 is 0 Å². The zero-order valence-corrected chi connectivity index (χ0v) is 36.0. The maximum Gasteiger partial charge on any atom is 0.328 e. The number of aliphatic hydroxyl groups excluding tert-OH is 3. The van der Waals surface area contributed by atoms with Crippen LogP contribution in [0.4, 0.5) is 5.82 Å². The van der Waals surface area contributed by atoms with Gasteiger partial charge in [-0.3, -0.25) is 0 Å². The molecule has 2 bridgehead atoms. The van der Waals surface area contributed by atoms with E-state index in [2.05, 4.69) is 52.0 Å². The van der Waals surface area contributed by atoms with Gasteiger partial charge in [-0.1, -0.05) is 55.3 Å². The molecule has 1 aliphatic heterocycles. The predicted octanol–water partition coefficient (Wildman–Crippen LogP) is 4.40. The van der Waals surface area contributed by atoms with Crippen LogP contribution in [-0.4, -0.2) is 104 Å². The highest BCUT2D eigenvalue weighted by Crippen LogP contribution is 2.53. The van der Waals surface area contributed by atoms with Crippen LogP contribution >= 0.6 is 0 Å². The molecular weight excluding hydrogens is 801 g/mol. The third-order valence-electron chi connectivity index (χ3n) is 14.5. The quantitative estimate of drug-likeness (QED) is 0.0383. The molecule has 1 fully saturated rings. The SMILES string of the molecule is NC1=N[C@H](/C(=C\C(=O)O)[C@@H](C[C@@H]2[C@@H]3c4cc5cc(CC=O)ccc5cc4C[C@H]2C=C[C@@H]3CC[C@H](N)CC[C@H](C=O)CCCO)Nc2ccc[nH]2)C[C@H]([C@H](O)[C@H](O)C2(O)CCCC2)N1. The number of benzene rings is 2. The molecule has 0 amide bonds. The highest BCUT2D eigenvalue weighted by atomic mass is 16.4. The summed E-state index contributed by atoms with van der Waals surface area (Å²) in [7, 11) is 0. The van der Waals surface area contributed by atoms with E-state index in [9.17, 15) is 39.9 Å². The van der Waals surface area contributed by atoms with E-state index in [-0.39, 0.29) is 54.6 Å². The summed E-state index contributed by atoms with van der Waals surface area (Å²) >= 11 is 0. The molecule has 0 unspecified atom stereocenters. The Balaban J connectivity index is 1.23. The Morgan fingerprint density at radius 3 is 2.56 bits per heavy atom. The minimum absolute atomic E-state index is 0.00677. The number of carboxylic acid groups (broad SMARTS) is 1. The predicted molar refractivity (Wildman–Crippen MR) is 243 cm³/mol. The first-order valence-electron chi connectivity index (χ1n) is 22.9. The molecule has 1 aromatic heterocycles. The molecule has 12 N–H and O–H groups in total. The van der Waals surface area contributed by atoms with Crippen LogP contribution in [0.5, 0.6) is 0 Å². The number of aliphatic hydroxyl groups is 4. The van der Waals surface area contributed by atoms with Crippen molar-refractivity contribution in [2.75, 3.05) is 11.9 Å². The van der Waals surface area contributed by atoms with E-state index in [0.29, 0.717) is 62.8 Å². The molecule has 63 heavy (non-hydrogen) atoms. The van der Waals surface area contributed by atoms with Gasteiger partial charge in [0, 0.05) is 37.3 Å². The van der Waals surface area contributed by atoms with E-state index < -0.39 is 41.9 Å². The fraction of sp³-hybridized carbons (Fsp3) is 0.551. The minimum atomic E-state index is -1.44. The molecule has 14 nitrogen and oxygen atoms in total. The van der Waals surface area contributed by atoms with Gasteiger partial charge in [-0.2, -0.15) is 0 Å². The first-order valence-corrected chi connectivity index (χ1v) is 22.9. The van der Waals surface area contributed by atoms with Crippen LogP contribution in [0.2, 0.25) is 0 Å². The van der Waals surface area contributed by atoms with E-state index in [4.69, 9.17) is 16.5 Å². The topological polar surface area (TPSA) is 257 Å². The van der Waals surface area contributed by atoms with Gasteiger partial charge in [0.25, 0.3) is 0 Å². The van der Waals surface area contributed by atoms with Crippen molar-refractivity contribution < 1.29 is 39.9 Å². The molecule has 11 atom stereocenters. The number of hydrogen-bond acceptors (Lipinski definition) is 12. The number of nitrogens with one attached hydrogen (secondary N) is 3. The molecule has 0 radical (unpaired) electrons. The van der Waals surface area contributed by atoms with Crippen molar-refractivity contribution in [1.82, 2.24) is 10.3 Å². The second kappa shape index (κ2) is 20.8. The van der Waals surface area contributed by atoms with Gasteiger partial charge in [-0.25, -0.2) is 9.79 Å². The van der Waals surface area contributed by atoms with Gasteiger partial charge in [0.15, 0.2) is 5.96 Å². The molecule has 3 aliphatic carbocycles. The summed E-state index contributed by atoms with van der Waals surface area (Å²) in [5.41, 5.74) is 15.6. The normalized spacial score (nSPS) is 26.4. The fourth-order valence-electron chi connectivity index (χ4n) is 11.1. The van der Waals surface area contributed by atoms with Crippen LogP contribution < -0.4 is 22.1 Å². The Hall–Kier alpha value is -4.86. The second-order valence-electron chi connectivity index (χ2n) is 18.6. The number of carbonyl (C=O) groups is 3. The molecule has 0 spiro atoms. The van der Waals surface area contributed by atoms with Crippen molar-refractivity contribution in [3.05, 3.63) is 89.2 Å².